The first kappa shape index (κ1) is 14.4. The average Bonchev–Trinajstić information content (AvgIpc) is 2.28. The second-order valence-corrected chi connectivity index (χ2v) is 4.48. The number of carbonyl (C=O) groups excluding carboxylic acids is 1. The van der Waals surface area contributed by atoms with Gasteiger partial charge in [-0.05, 0) is 25.0 Å². The molecule has 0 heterocycles. The first-order valence-corrected chi connectivity index (χ1v) is 5.70. The zero-order valence-electron chi connectivity index (χ0n) is 10.9. The molecule has 0 saturated heterocycles. The summed E-state index contributed by atoms with van der Waals surface area (Å²) in [4.78, 5) is 11.8. The summed E-state index contributed by atoms with van der Waals surface area (Å²) < 4.78 is 31.4. The third-order valence-electron chi connectivity index (χ3n) is 2.82. The van der Waals surface area contributed by atoms with Gasteiger partial charge in [0, 0.05) is 11.6 Å². The Hall–Kier alpha value is -1.65. The molecule has 18 heavy (non-hydrogen) atoms. The predicted octanol–water partition coefficient (Wildman–Crippen LogP) is 2.75. The molecule has 1 aromatic rings. The van der Waals surface area contributed by atoms with E-state index < -0.39 is 23.3 Å². The van der Waals surface area contributed by atoms with E-state index in [-0.39, 0.29) is 17.5 Å². The topological polar surface area (TPSA) is 38.3 Å². The zero-order chi connectivity index (χ0) is 13.9. The molecule has 1 atom stereocenters. The highest BCUT2D eigenvalue weighted by molar-refractivity contribution is 5.94. The Morgan fingerprint density at radius 1 is 1.22 bits per heavy atom. The van der Waals surface area contributed by atoms with Crippen molar-refractivity contribution < 1.29 is 18.3 Å². The molecule has 0 aliphatic rings. The smallest absolute Gasteiger partial charge is 0.251 e. The minimum Gasteiger partial charge on any atom is -0.491 e. The van der Waals surface area contributed by atoms with Crippen molar-refractivity contribution in [3.8, 4) is 5.75 Å². The maximum Gasteiger partial charge on any atom is 0.251 e. The Balaban J connectivity index is 2.94. The van der Waals surface area contributed by atoms with Crippen LogP contribution < -0.4 is 10.1 Å². The summed E-state index contributed by atoms with van der Waals surface area (Å²) in [6, 6.07) is 1.85. The summed E-state index contributed by atoms with van der Waals surface area (Å²) in [5, 5.41) is 2.67. The van der Waals surface area contributed by atoms with Crippen molar-refractivity contribution in [3.63, 3.8) is 0 Å². The molecule has 1 N–H and O–H groups in total. The lowest BCUT2D eigenvalue weighted by atomic mass is 10.1. The highest BCUT2D eigenvalue weighted by Gasteiger charge is 2.17. The number of hydrogen-bond donors (Lipinski definition) is 1. The number of hydrogen-bond acceptors (Lipinski definition) is 2. The lowest BCUT2D eigenvalue weighted by Gasteiger charge is -2.17. The second-order valence-electron chi connectivity index (χ2n) is 4.48. The Labute approximate surface area is 105 Å². The van der Waals surface area contributed by atoms with Crippen molar-refractivity contribution in [2.75, 3.05) is 7.11 Å². The van der Waals surface area contributed by atoms with Crippen molar-refractivity contribution in [2.24, 2.45) is 5.92 Å². The number of carbonyl (C=O) groups is 1. The second kappa shape index (κ2) is 5.80. The van der Waals surface area contributed by atoms with Gasteiger partial charge in [0.15, 0.2) is 17.4 Å². The first-order valence-electron chi connectivity index (χ1n) is 5.70. The number of halogens is 2. The molecule has 0 aliphatic heterocycles. The molecule has 0 spiro atoms. The third-order valence-corrected chi connectivity index (χ3v) is 2.82. The standard InChI is InChI=1S/C13H17F2NO2/c1-7(2)8(3)16-13(17)9-5-10(14)12(18-4)11(15)6-9/h5-8H,1-4H3,(H,16,17). The average molecular weight is 257 g/mol. The quantitative estimate of drug-likeness (QED) is 0.900. The SMILES string of the molecule is COc1c(F)cc(C(=O)NC(C)C(C)C)cc1F. The molecule has 5 heteroatoms. The van der Waals surface area contributed by atoms with Gasteiger partial charge < -0.3 is 10.1 Å². The van der Waals surface area contributed by atoms with Crippen LogP contribution in [0.25, 0.3) is 0 Å². The van der Waals surface area contributed by atoms with E-state index in [2.05, 4.69) is 10.1 Å². The van der Waals surface area contributed by atoms with Crippen molar-refractivity contribution in [2.45, 2.75) is 26.8 Å². The van der Waals surface area contributed by atoms with Gasteiger partial charge in [-0.2, -0.15) is 0 Å². The van der Waals surface area contributed by atoms with Gasteiger partial charge in [-0.25, -0.2) is 8.78 Å². The monoisotopic (exact) mass is 257 g/mol. The van der Waals surface area contributed by atoms with E-state index >= 15 is 0 Å². The minimum absolute atomic E-state index is 0.0571. The van der Waals surface area contributed by atoms with E-state index in [4.69, 9.17) is 0 Å². The van der Waals surface area contributed by atoms with Crippen LogP contribution in [0.4, 0.5) is 8.78 Å². The van der Waals surface area contributed by atoms with E-state index in [1.165, 1.54) is 7.11 Å². The number of amides is 1. The van der Waals surface area contributed by atoms with E-state index in [0.717, 1.165) is 12.1 Å². The van der Waals surface area contributed by atoms with E-state index in [9.17, 15) is 13.6 Å². The van der Waals surface area contributed by atoms with Crippen LogP contribution in [0.1, 0.15) is 31.1 Å². The molecule has 1 amide bonds. The number of benzene rings is 1. The predicted molar refractivity (Wildman–Crippen MR) is 64.7 cm³/mol. The molecular formula is C13H17F2NO2. The molecule has 0 aromatic heterocycles. The van der Waals surface area contributed by atoms with Crippen molar-refractivity contribution in [1.82, 2.24) is 5.32 Å². The summed E-state index contributed by atoms with van der Waals surface area (Å²) in [6.07, 6.45) is 0. The zero-order valence-corrected chi connectivity index (χ0v) is 10.9. The van der Waals surface area contributed by atoms with Crippen LogP contribution in [0, 0.1) is 17.6 Å². The molecule has 3 nitrogen and oxygen atoms in total. The molecule has 0 radical (unpaired) electrons. The van der Waals surface area contributed by atoms with Gasteiger partial charge in [0.05, 0.1) is 7.11 Å². The molecular weight excluding hydrogens is 240 g/mol. The molecule has 0 aliphatic carbocycles. The van der Waals surface area contributed by atoms with Crippen molar-refractivity contribution in [3.05, 3.63) is 29.3 Å². The van der Waals surface area contributed by atoms with Crippen molar-refractivity contribution in [1.29, 1.82) is 0 Å². The van der Waals surface area contributed by atoms with Crippen LogP contribution in [0.15, 0.2) is 12.1 Å². The van der Waals surface area contributed by atoms with Crippen LogP contribution in [-0.2, 0) is 0 Å². The van der Waals surface area contributed by atoms with E-state index in [0.29, 0.717) is 0 Å². The Kier molecular flexibility index (Phi) is 4.64. The third kappa shape index (κ3) is 3.18. The fraction of sp³-hybridized carbons (Fsp3) is 0.462. The Morgan fingerprint density at radius 2 is 1.72 bits per heavy atom. The maximum absolute atomic E-state index is 13.4. The molecule has 1 rings (SSSR count). The van der Waals surface area contributed by atoms with Gasteiger partial charge in [-0.15, -0.1) is 0 Å². The van der Waals surface area contributed by atoms with Crippen LogP contribution in [-0.4, -0.2) is 19.1 Å². The highest BCUT2D eigenvalue weighted by atomic mass is 19.1. The summed E-state index contributed by atoms with van der Waals surface area (Å²) in [5.74, 6) is -2.53. The number of rotatable bonds is 4. The summed E-state index contributed by atoms with van der Waals surface area (Å²) >= 11 is 0. The van der Waals surface area contributed by atoms with Crippen LogP contribution in [0.5, 0.6) is 5.75 Å². The number of methoxy groups -OCH3 is 1. The normalized spacial score (nSPS) is 12.4. The van der Waals surface area contributed by atoms with Gasteiger partial charge in [0.2, 0.25) is 0 Å². The molecule has 1 aromatic carbocycles. The lowest BCUT2D eigenvalue weighted by molar-refractivity contribution is 0.0929. The first-order chi connectivity index (χ1) is 8.36. The molecule has 1 unspecified atom stereocenters. The van der Waals surface area contributed by atoms with Gasteiger partial charge in [-0.1, -0.05) is 13.8 Å². The molecule has 0 bridgehead atoms. The maximum atomic E-state index is 13.4. The Morgan fingerprint density at radius 3 is 2.11 bits per heavy atom. The van der Waals surface area contributed by atoms with Crippen LogP contribution in [0.3, 0.4) is 0 Å². The molecule has 0 saturated carbocycles. The highest BCUT2D eigenvalue weighted by Crippen LogP contribution is 2.22. The van der Waals surface area contributed by atoms with Gasteiger partial charge in [-0.3, -0.25) is 4.79 Å². The fourth-order valence-corrected chi connectivity index (χ4v) is 1.34. The van der Waals surface area contributed by atoms with Crippen molar-refractivity contribution >= 4 is 5.91 Å². The van der Waals surface area contributed by atoms with Crippen LogP contribution in [0.2, 0.25) is 0 Å². The number of ether oxygens (including phenoxy) is 1. The van der Waals surface area contributed by atoms with Gasteiger partial charge >= 0.3 is 0 Å². The van der Waals surface area contributed by atoms with E-state index in [1.807, 2.05) is 20.8 Å². The van der Waals surface area contributed by atoms with Gasteiger partial charge in [0.1, 0.15) is 0 Å². The lowest BCUT2D eigenvalue weighted by Crippen LogP contribution is -2.36. The summed E-state index contributed by atoms with van der Waals surface area (Å²) in [6.45, 7) is 5.72. The summed E-state index contributed by atoms with van der Waals surface area (Å²) in [5.41, 5.74) is -0.0571. The Bertz CT molecular complexity index is 424. The molecule has 100 valence electrons. The largest absolute Gasteiger partial charge is 0.491 e. The summed E-state index contributed by atoms with van der Waals surface area (Å²) in [7, 11) is 1.17. The minimum atomic E-state index is -0.889. The van der Waals surface area contributed by atoms with Crippen LogP contribution >= 0.6 is 0 Å². The molecule has 0 fully saturated rings. The number of nitrogens with one attached hydrogen (secondary N) is 1. The van der Waals surface area contributed by atoms with E-state index in [1.54, 1.807) is 0 Å². The van der Waals surface area contributed by atoms with Gasteiger partial charge in [0.25, 0.3) is 5.91 Å². The fourth-order valence-electron chi connectivity index (χ4n) is 1.34.